The Bertz CT molecular complexity index is 527. The normalized spacial score (nSPS) is 14.1. The Morgan fingerprint density at radius 1 is 1.29 bits per heavy atom. The molecular formula is C11H9ClN2O3. The van der Waals surface area contributed by atoms with E-state index in [4.69, 9.17) is 17.3 Å². The maximum atomic E-state index is 11.9. The van der Waals surface area contributed by atoms with Gasteiger partial charge in [0.05, 0.1) is 11.1 Å². The van der Waals surface area contributed by atoms with Crippen LogP contribution in [0.1, 0.15) is 27.1 Å². The number of carbonyl (C=O) groups is 3. The maximum absolute atomic E-state index is 11.9. The van der Waals surface area contributed by atoms with Gasteiger partial charge in [-0.2, -0.15) is 0 Å². The third kappa shape index (κ3) is 1.68. The molecule has 2 rings (SSSR count). The number of carbonyl (C=O) groups excluding carboxylic acids is 3. The third-order valence-corrected chi connectivity index (χ3v) is 2.69. The Hall–Kier alpha value is -1.88. The van der Waals surface area contributed by atoms with Crippen molar-refractivity contribution < 1.29 is 14.4 Å². The first-order chi connectivity index (χ1) is 8.07. The van der Waals surface area contributed by atoms with E-state index in [-0.39, 0.29) is 29.1 Å². The fourth-order valence-corrected chi connectivity index (χ4v) is 1.89. The van der Waals surface area contributed by atoms with Crippen molar-refractivity contribution in [3.05, 3.63) is 29.3 Å². The SMILES string of the molecule is Nc1cccc2c1C(=O)N(C(=O)CCCl)C2=O. The molecule has 0 spiro atoms. The Labute approximate surface area is 102 Å². The van der Waals surface area contributed by atoms with E-state index in [0.29, 0.717) is 4.90 Å². The number of hydrogen-bond donors (Lipinski definition) is 1. The van der Waals surface area contributed by atoms with E-state index in [0.717, 1.165) is 0 Å². The first-order valence-corrected chi connectivity index (χ1v) is 5.47. The van der Waals surface area contributed by atoms with E-state index in [1.807, 2.05) is 0 Å². The van der Waals surface area contributed by atoms with Gasteiger partial charge in [0.15, 0.2) is 0 Å². The highest BCUT2D eigenvalue weighted by atomic mass is 35.5. The first kappa shape index (κ1) is 11.6. The van der Waals surface area contributed by atoms with Gasteiger partial charge in [-0.15, -0.1) is 11.6 Å². The molecule has 88 valence electrons. The number of hydrogen-bond acceptors (Lipinski definition) is 4. The second-order valence-electron chi connectivity index (χ2n) is 3.55. The average molecular weight is 253 g/mol. The van der Waals surface area contributed by atoms with Crippen molar-refractivity contribution in [2.75, 3.05) is 11.6 Å². The van der Waals surface area contributed by atoms with Crippen LogP contribution in [0.5, 0.6) is 0 Å². The Kier molecular flexibility index (Phi) is 2.85. The van der Waals surface area contributed by atoms with Gasteiger partial charge in [0.1, 0.15) is 0 Å². The molecule has 17 heavy (non-hydrogen) atoms. The molecule has 0 saturated carbocycles. The van der Waals surface area contributed by atoms with Crippen LogP contribution in [0.3, 0.4) is 0 Å². The van der Waals surface area contributed by atoms with Gasteiger partial charge in [0, 0.05) is 18.0 Å². The zero-order chi connectivity index (χ0) is 12.6. The molecule has 0 unspecified atom stereocenters. The number of nitrogens with zero attached hydrogens (tertiary/aromatic N) is 1. The van der Waals surface area contributed by atoms with Crippen molar-refractivity contribution in [1.82, 2.24) is 4.90 Å². The van der Waals surface area contributed by atoms with Crippen molar-refractivity contribution in [1.29, 1.82) is 0 Å². The van der Waals surface area contributed by atoms with E-state index in [1.54, 1.807) is 6.07 Å². The number of nitrogen functional groups attached to an aromatic ring is 1. The number of alkyl halides is 1. The van der Waals surface area contributed by atoms with E-state index >= 15 is 0 Å². The number of nitrogens with two attached hydrogens (primary N) is 1. The van der Waals surface area contributed by atoms with Crippen molar-refractivity contribution in [2.24, 2.45) is 0 Å². The summed E-state index contributed by atoms with van der Waals surface area (Å²) >= 11 is 5.42. The monoisotopic (exact) mass is 252 g/mol. The summed E-state index contributed by atoms with van der Waals surface area (Å²) in [4.78, 5) is 36.0. The zero-order valence-electron chi connectivity index (χ0n) is 8.77. The lowest BCUT2D eigenvalue weighted by atomic mass is 10.1. The zero-order valence-corrected chi connectivity index (χ0v) is 9.53. The first-order valence-electron chi connectivity index (χ1n) is 4.94. The van der Waals surface area contributed by atoms with Crippen LogP contribution in [0.4, 0.5) is 5.69 Å². The predicted molar refractivity (Wildman–Crippen MR) is 61.7 cm³/mol. The van der Waals surface area contributed by atoms with E-state index in [1.165, 1.54) is 12.1 Å². The molecule has 6 heteroatoms. The Morgan fingerprint density at radius 2 is 2.00 bits per heavy atom. The molecule has 1 aromatic rings. The second kappa shape index (κ2) is 4.18. The summed E-state index contributed by atoms with van der Waals surface area (Å²) in [5, 5.41) is 0. The second-order valence-corrected chi connectivity index (χ2v) is 3.93. The largest absolute Gasteiger partial charge is 0.398 e. The summed E-state index contributed by atoms with van der Waals surface area (Å²) in [6, 6.07) is 4.55. The highest BCUT2D eigenvalue weighted by Gasteiger charge is 2.40. The van der Waals surface area contributed by atoms with Gasteiger partial charge in [-0.3, -0.25) is 14.4 Å². The van der Waals surface area contributed by atoms with Crippen molar-refractivity contribution in [2.45, 2.75) is 6.42 Å². The third-order valence-electron chi connectivity index (χ3n) is 2.50. The molecule has 5 nitrogen and oxygen atoms in total. The van der Waals surface area contributed by atoms with Gasteiger partial charge in [0.25, 0.3) is 11.8 Å². The molecule has 1 aromatic carbocycles. The summed E-state index contributed by atoms with van der Waals surface area (Å²) in [5.41, 5.74) is 6.08. The summed E-state index contributed by atoms with van der Waals surface area (Å²) in [6.45, 7) is 0. The topological polar surface area (TPSA) is 80.5 Å². The molecule has 1 aliphatic rings. The van der Waals surface area contributed by atoms with Crippen LogP contribution >= 0.6 is 11.6 Å². The molecule has 1 heterocycles. The number of amides is 3. The molecule has 1 aliphatic heterocycles. The number of benzene rings is 1. The minimum Gasteiger partial charge on any atom is -0.398 e. The molecule has 0 saturated heterocycles. The smallest absolute Gasteiger partial charge is 0.270 e. The highest BCUT2D eigenvalue weighted by molar-refractivity contribution is 6.31. The van der Waals surface area contributed by atoms with Crippen molar-refractivity contribution in [3.63, 3.8) is 0 Å². The van der Waals surface area contributed by atoms with Crippen LogP contribution in [0, 0.1) is 0 Å². The van der Waals surface area contributed by atoms with Crippen molar-refractivity contribution >= 4 is 35.0 Å². The number of imide groups is 3. The lowest BCUT2D eigenvalue weighted by Gasteiger charge is -2.10. The molecule has 3 amide bonds. The van der Waals surface area contributed by atoms with Crippen molar-refractivity contribution in [3.8, 4) is 0 Å². The summed E-state index contributed by atoms with van der Waals surface area (Å²) < 4.78 is 0. The van der Waals surface area contributed by atoms with Crippen LogP contribution in [0.25, 0.3) is 0 Å². The molecule has 0 fully saturated rings. The quantitative estimate of drug-likeness (QED) is 0.484. The molecule has 2 N–H and O–H groups in total. The van der Waals surface area contributed by atoms with Gasteiger partial charge in [-0.25, -0.2) is 4.90 Å². The fraction of sp³-hybridized carbons (Fsp3) is 0.182. The van der Waals surface area contributed by atoms with E-state index < -0.39 is 17.7 Å². The summed E-state index contributed by atoms with van der Waals surface area (Å²) in [6.07, 6.45) is -0.0626. The summed E-state index contributed by atoms with van der Waals surface area (Å²) in [5.74, 6) is -1.85. The molecular weight excluding hydrogens is 244 g/mol. The predicted octanol–water partition coefficient (Wildman–Crippen LogP) is 1.02. The van der Waals surface area contributed by atoms with Crippen LogP contribution in [-0.2, 0) is 4.79 Å². The minimum absolute atomic E-state index is 0.0573. The number of anilines is 1. The number of rotatable bonds is 2. The van der Waals surface area contributed by atoms with Gasteiger partial charge >= 0.3 is 0 Å². The minimum atomic E-state index is -0.668. The van der Waals surface area contributed by atoms with Crippen LogP contribution in [-0.4, -0.2) is 28.5 Å². The Balaban J connectivity index is 2.46. The van der Waals surface area contributed by atoms with Crippen LogP contribution in [0.15, 0.2) is 18.2 Å². The van der Waals surface area contributed by atoms with Crippen LogP contribution in [0.2, 0.25) is 0 Å². The highest BCUT2D eigenvalue weighted by Crippen LogP contribution is 2.27. The molecule has 0 bridgehead atoms. The molecule has 0 aromatic heterocycles. The summed E-state index contributed by atoms with van der Waals surface area (Å²) in [7, 11) is 0. The number of fused-ring (bicyclic) bond motifs is 1. The molecule has 0 atom stereocenters. The fourth-order valence-electron chi connectivity index (χ4n) is 1.73. The van der Waals surface area contributed by atoms with Gasteiger partial charge in [-0.1, -0.05) is 6.07 Å². The number of halogens is 1. The molecule has 0 radical (unpaired) electrons. The van der Waals surface area contributed by atoms with Crippen LogP contribution < -0.4 is 5.73 Å². The standard InChI is InChI=1S/C11H9ClN2O3/c12-5-4-8(15)14-10(16)6-2-1-3-7(13)9(6)11(14)17/h1-3H,4-5,13H2. The van der Waals surface area contributed by atoms with E-state index in [2.05, 4.69) is 0 Å². The molecule has 0 aliphatic carbocycles. The van der Waals surface area contributed by atoms with Gasteiger partial charge in [0.2, 0.25) is 5.91 Å². The maximum Gasteiger partial charge on any atom is 0.270 e. The van der Waals surface area contributed by atoms with E-state index in [9.17, 15) is 14.4 Å². The Morgan fingerprint density at radius 3 is 2.59 bits per heavy atom. The van der Waals surface area contributed by atoms with Gasteiger partial charge < -0.3 is 5.73 Å². The lowest BCUT2D eigenvalue weighted by Crippen LogP contribution is -2.36. The lowest BCUT2D eigenvalue weighted by molar-refractivity contribution is -0.125. The van der Waals surface area contributed by atoms with Gasteiger partial charge in [-0.05, 0) is 12.1 Å². The average Bonchev–Trinajstić information content (AvgIpc) is 2.53.